The first kappa shape index (κ1) is 86.4. The lowest BCUT2D eigenvalue weighted by Crippen LogP contribution is -2.50. The third-order valence-corrected chi connectivity index (χ3v) is 22.3. The maximum atomic E-state index is 12.6. The van der Waals surface area contributed by atoms with Gasteiger partial charge >= 0.3 is 52.4 Å². The molecule has 2 aromatic rings. The van der Waals surface area contributed by atoms with Crippen LogP contribution in [0.1, 0.15) is 112 Å². The van der Waals surface area contributed by atoms with Gasteiger partial charge in [0.1, 0.15) is 19.0 Å². The SMILES string of the molecule is CCCOP(=O)(CCOCCOCCO[Si](OCC)(OCC)OCC)OCCC.CCOC(=O)Cc1cccc(CC(=O)CCCNCCC[Si](OC)(OC)OC)c1.CCO[Si](CCCNC(=O)OCCOCCOC(=O)Nc1ccccc1)(OCC)OCC. The summed E-state index contributed by atoms with van der Waals surface area (Å²) in [5, 5.41) is 8.63. The van der Waals surface area contributed by atoms with E-state index in [-0.39, 0.29) is 50.8 Å². The second kappa shape index (κ2) is 56.9. The molecule has 26 nitrogen and oxygen atoms in total. The fourth-order valence-electron chi connectivity index (χ4n) is 7.91. The number of alkyl carbamates (subject to hydrolysis) is 1. The third kappa shape index (κ3) is 44.1. The quantitative estimate of drug-likeness (QED) is 0.0183. The molecule has 0 saturated carbocycles. The van der Waals surface area contributed by atoms with Crippen LogP contribution >= 0.6 is 7.60 Å². The highest BCUT2D eigenvalue weighted by atomic mass is 31.2. The molecule has 0 heterocycles. The smallest absolute Gasteiger partial charge is 0.466 e. The summed E-state index contributed by atoms with van der Waals surface area (Å²) in [6.07, 6.45) is 4.23. The molecule has 90 heavy (non-hydrogen) atoms. The molecular weight excluding hydrogens is 1250 g/mol. The summed E-state index contributed by atoms with van der Waals surface area (Å²) in [5.41, 5.74) is 2.46. The fraction of sp³-hybridized carbons (Fsp3) is 0.733. The van der Waals surface area contributed by atoms with Crippen molar-refractivity contribution < 1.29 is 105 Å². The van der Waals surface area contributed by atoms with Crippen LogP contribution in [0.5, 0.6) is 0 Å². The zero-order valence-electron chi connectivity index (χ0n) is 56.2. The molecule has 3 N–H and O–H groups in total. The van der Waals surface area contributed by atoms with Gasteiger partial charge in [-0.2, -0.15) is 0 Å². The molecule has 0 aromatic heterocycles. The Balaban J connectivity index is 0.00000132. The summed E-state index contributed by atoms with van der Waals surface area (Å²) in [4.78, 5) is 47.2. The molecule has 0 fully saturated rings. The molecule has 0 spiro atoms. The number of Topliss-reactive ketones (excluding diaryl/α,β-unsaturated/α-hetero) is 1. The van der Waals surface area contributed by atoms with Gasteiger partial charge in [-0.15, -0.1) is 0 Å². The van der Waals surface area contributed by atoms with Crippen LogP contribution in [0.15, 0.2) is 54.6 Å². The van der Waals surface area contributed by atoms with E-state index < -0.39 is 46.4 Å². The minimum atomic E-state index is -3.09. The molecule has 0 atom stereocenters. The van der Waals surface area contributed by atoms with Crippen LogP contribution in [-0.4, -0.2) is 217 Å². The standard InChI is InChI=1S/C21H36N2O8Si.C21H35NO6Si.C18H41O9PSi/c1-4-29-32(30-5-2,31-6-3)18-10-13-22-20(24)27-16-14-26-15-17-28-21(25)23-19-11-8-7-9-12-19;1-5-28-21(24)17-19-10-6-9-18(15-19)16-20(23)11-7-12-22-13-8-14-29(25-2,26-3)27-4;1-6-11-22-28(19,23-12-7-2)18-17-21-14-13-20-15-16-27-29(24-8-3,25-9-4)26-10-5/h7-9,11-12H,4-6,10,13-18H2,1-3H3,(H,22,24)(H,23,25);6,9-10,15,22H,5,7-8,11-14,16-17H2,1-4H3;6-18H2,1-5H3. The molecule has 30 heteroatoms. The molecule has 2 rings (SSSR count). The number of carbonyl (C=O) groups is 4. The maximum Gasteiger partial charge on any atom is 0.679 e. The van der Waals surface area contributed by atoms with Crippen LogP contribution in [0, 0.1) is 0 Å². The third-order valence-electron chi connectivity index (χ3n) is 11.9. The van der Waals surface area contributed by atoms with Crippen molar-refractivity contribution in [2.75, 3.05) is 171 Å². The van der Waals surface area contributed by atoms with Crippen molar-refractivity contribution in [1.82, 2.24) is 10.6 Å². The lowest BCUT2D eigenvalue weighted by Gasteiger charge is -2.28. The van der Waals surface area contributed by atoms with E-state index in [2.05, 4.69) is 16.0 Å². The van der Waals surface area contributed by atoms with Crippen LogP contribution in [-0.2, 0) is 109 Å². The van der Waals surface area contributed by atoms with E-state index in [1.165, 1.54) is 0 Å². The average molecular weight is 1360 g/mol. The summed E-state index contributed by atoms with van der Waals surface area (Å²) in [5.74, 6) is -0.0480. The highest BCUT2D eigenvalue weighted by molar-refractivity contribution is 7.53. The highest BCUT2D eigenvalue weighted by Gasteiger charge is 2.45. The van der Waals surface area contributed by atoms with Crippen molar-refractivity contribution in [3.05, 3.63) is 65.7 Å². The molecule has 0 aliphatic rings. The summed E-state index contributed by atoms with van der Waals surface area (Å²) < 4.78 is 111. The second-order valence-corrected chi connectivity index (χ2v) is 29.2. The van der Waals surface area contributed by atoms with E-state index >= 15 is 0 Å². The van der Waals surface area contributed by atoms with Crippen molar-refractivity contribution >= 4 is 63.9 Å². The van der Waals surface area contributed by atoms with Gasteiger partial charge in [0.05, 0.1) is 78.7 Å². The van der Waals surface area contributed by atoms with Crippen molar-refractivity contribution in [3.8, 4) is 0 Å². The van der Waals surface area contributed by atoms with Crippen LogP contribution in [0.3, 0.4) is 0 Å². The highest BCUT2D eigenvalue weighted by Crippen LogP contribution is 2.48. The number of esters is 1. The molecule has 2 aromatic carbocycles. The van der Waals surface area contributed by atoms with Crippen molar-refractivity contribution in [3.63, 3.8) is 0 Å². The number of anilines is 1. The summed E-state index contributed by atoms with van der Waals surface area (Å²) in [6.45, 7) is 25.5. The van der Waals surface area contributed by atoms with Crippen molar-refractivity contribution in [2.45, 2.75) is 126 Å². The van der Waals surface area contributed by atoms with Gasteiger partial charge in [-0.3, -0.25) is 19.5 Å². The number of benzene rings is 2. The maximum absolute atomic E-state index is 12.6. The average Bonchev–Trinajstić information content (AvgIpc) is 3.74. The van der Waals surface area contributed by atoms with E-state index in [0.29, 0.717) is 130 Å². The van der Waals surface area contributed by atoms with Crippen molar-refractivity contribution in [1.29, 1.82) is 0 Å². The Morgan fingerprint density at radius 2 is 0.956 bits per heavy atom. The lowest BCUT2D eigenvalue weighted by atomic mass is 10.0. The Bertz CT molecular complexity index is 2080. The van der Waals surface area contributed by atoms with Gasteiger partial charge in [0, 0.05) is 98.1 Å². The van der Waals surface area contributed by atoms with Crippen molar-refractivity contribution in [2.24, 2.45) is 0 Å². The number of ketones is 1. The first-order valence-corrected chi connectivity index (χ1v) is 38.9. The summed E-state index contributed by atoms with van der Waals surface area (Å²) in [7, 11) is -6.51. The predicted octanol–water partition coefficient (Wildman–Crippen LogP) is 9.59. The van der Waals surface area contributed by atoms with Gasteiger partial charge in [-0.05, 0) is 117 Å². The van der Waals surface area contributed by atoms with Crippen LogP contribution < -0.4 is 16.0 Å². The largest absolute Gasteiger partial charge is 0.679 e. The van der Waals surface area contributed by atoms with E-state index in [4.69, 9.17) is 81.7 Å². The minimum absolute atomic E-state index is 0.0932. The Hall–Kier alpha value is -3.64. The Labute approximate surface area is 540 Å². The van der Waals surface area contributed by atoms with Gasteiger partial charge in [0.2, 0.25) is 0 Å². The number of para-hydroxylation sites is 1. The molecule has 0 saturated heterocycles. The number of hydrogen-bond acceptors (Lipinski definition) is 24. The Morgan fingerprint density at radius 3 is 1.49 bits per heavy atom. The molecule has 0 unspecified atom stereocenters. The normalized spacial score (nSPS) is 11.7. The Morgan fingerprint density at radius 1 is 0.467 bits per heavy atom. The van der Waals surface area contributed by atoms with Gasteiger partial charge in [0.15, 0.2) is 0 Å². The summed E-state index contributed by atoms with van der Waals surface area (Å²) in [6, 6.07) is 17.9. The zero-order chi connectivity index (χ0) is 66.9. The van der Waals surface area contributed by atoms with E-state index in [1.54, 1.807) is 40.4 Å². The van der Waals surface area contributed by atoms with Gasteiger partial charge in [-0.1, -0.05) is 56.3 Å². The van der Waals surface area contributed by atoms with E-state index in [9.17, 15) is 23.7 Å². The van der Waals surface area contributed by atoms with Gasteiger partial charge < -0.3 is 92.4 Å². The van der Waals surface area contributed by atoms with Crippen LogP contribution in [0.25, 0.3) is 0 Å². The monoisotopic (exact) mass is 1360 g/mol. The first-order valence-electron chi connectivity index (χ1n) is 31.6. The molecule has 0 radical (unpaired) electrons. The van der Waals surface area contributed by atoms with Gasteiger partial charge in [-0.25, -0.2) is 9.59 Å². The molecule has 0 aliphatic carbocycles. The predicted molar refractivity (Wildman–Crippen MR) is 349 cm³/mol. The van der Waals surface area contributed by atoms with Gasteiger partial charge in [0.25, 0.3) is 0 Å². The molecule has 522 valence electrons. The first-order chi connectivity index (χ1) is 43.5. The number of rotatable bonds is 55. The Kier molecular flexibility index (Phi) is 54.6. The number of ether oxygens (including phenoxy) is 6. The van der Waals surface area contributed by atoms with E-state index in [1.807, 2.05) is 97.9 Å². The number of hydrogen-bond donors (Lipinski definition) is 3. The van der Waals surface area contributed by atoms with E-state index in [0.717, 1.165) is 55.9 Å². The molecule has 2 amide bonds. The molecule has 0 bridgehead atoms. The summed E-state index contributed by atoms with van der Waals surface area (Å²) >= 11 is 0. The van der Waals surface area contributed by atoms with Crippen LogP contribution in [0.4, 0.5) is 15.3 Å². The number of amides is 2. The lowest BCUT2D eigenvalue weighted by molar-refractivity contribution is -0.142. The topological polar surface area (TPSA) is 288 Å². The second-order valence-electron chi connectivity index (χ2n) is 19.0. The number of nitrogens with one attached hydrogen (secondary N) is 3. The molecule has 0 aliphatic heterocycles. The minimum Gasteiger partial charge on any atom is -0.466 e. The fourth-order valence-corrected chi connectivity index (χ4v) is 15.7. The zero-order valence-corrected chi connectivity index (χ0v) is 60.1. The number of carbonyl (C=O) groups excluding carboxylic acids is 4. The van der Waals surface area contributed by atoms with Crippen LogP contribution in [0.2, 0.25) is 12.1 Å². The molecular formula is C60H112N3O23PSi3.